The third kappa shape index (κ3) is 14.8. The van der Waals surface area contributed by atoms with Crippen molar-refractivity contribution in [1.29, 1.82) is 0 Å². The Morgan fingerprint density at radius 1 is 1.40 bits per heavy atom. The largest absolute Gasteiger partial charge is 0.487 e. The number of allylic oxidation sites excluding steroid dienone is 4. The van der Waals surface area contributed by atoms with Crippen LogP contribution in [-0.2, 0) is 11.2 Å². The van der Waals surface area contributed by atoms with Crippen LogP contribution in [0.1, 0.15) is 65.9 Å². The summed E-state index contributed by atoms with van der Waals surface area (Å²) in [4.78, 5) is 17.5. The Morgan fingerprint density at radius 2 is 2.06 bits per heavy atom. The second-order valence-corrected chi connectivity index (χ2v) is 9.73. The number of hydrogen-bond donors (Lipinski definition) is 2. The SMILES string of the molecule is C/C=C/C=N/C(C)=C(\S)CSc1ccc2c(c1)CCC(C)(CC(=O)O)O2.C=CCC(F)F.CCC. The summed E-state index contributed by atoms with van der Waals surface area (Å²) in [5, 5.41) is 9.05. The molecule has 0 fully saturated rings. The van der Waals surface area contributed by atoms with Gasteiger partial charge in [0.15, 0.2) is 0 Å². The normalized spacial score (nSPS) is 17.5. The highest BCUT2D eigenvalue weighted by atomic mass is 32.2. The number of thioether (sulfide) groups is 1. The van der Waals surface area contributed by atoms with E-state index < -0.39 is 18.0 Å². The van der Waals surface area contributed by atoms with Crippen molar-refractivity contribution in [2.24, 2.45) is 4.99 Å². The topological polar surface area (TPSA) is 58.9 Å². The molecule has 0 radical (unpaired) electrons. The Kier molecular flexibility index (Phi) is 17.2. The number of alkyl halides is 2. The molecule has 2 rings (SSSR count). The quantitative estimate of drug-likeness (QED) is 0.147. The van der Waals surface area contributed by atoms with Gasteiger partial charge in [-0.15, -0.1) is 31.0 Å². The first kappa shape index (κ1) is 32.9. The minimum Gasteiger partial charge on any atom is -0.487 e. The monoisotopic (exact) mass is 527 g/mol. The van der Waals surface area contributed by atoms with Crippen molar-refractivity contribution in [2.45, 2.75) is 83.6 Å². The zero-order valence-corrected chi connectivity index (χ0v) is 23.1. The van der Waals surface area contributed by atoms with Crippen LogP contribution in [0.25, 0.3) is 0 Å². The van der Waals surface area contributed by atoms with Crippen LogP contribution in [0.5, 0.6) is 5.75 Å². The molecule has 1 heterocycles. The van der Waals surface area contributed by atoms with Crippen molar-refractivity contribution in [3.05, 3.63) is 59.2 Å². The zero-order chi connectivity index (χ0) is 26.9. The van der Waals surface area contributed by atoms with Gasteiger partial charge >= 0.3 is 5.97 Å². The van der Waals surface area contributed by atoms with E-state index in [-0.39, 0.29) is 12.8 Å². The summed E-state index contributed by atoms with van der Waals surface area (Å²) in [6, 6.07) is 6.07. The molecule has 1 aliphatic rings. The molecule has 196 valence electrons. The highest BCUT2D eigenvalue weighted by Crippen LogP contribution is 2.37. The summed E-state index contributed by atoms with van der Waals surface area (Å²) in [6.45, 7) is 13.1. The van der Waals surface area contributed by atoms with Crippen LogP contribution >= 0.6 is 24.4 Å². The number of carboxylic acids is 1. The fraction of sp³-hybridized carbons (Fsp3) is 0.481. The van der Waals surface area contributed by atoms with Crippen LogP contribution in [0.4, 0.5) is 8.78 Å². The third-order valence-electron chi connectivity index (χ3n) is 4.52. The van der Waals surface area contributed by atoms with E-state index in [0.29, 0.717) is 6.42 Å². The number of nitrogens with zero attached hydrogens (tertiary/aromatic N) is 1. The molecular formula is C27H39F2NO3S2. The summed E-state index contributed by atoms with van der Waals surface area (Å²) in [7, 11) is 0. The molecule has 8 heteroatoms. The van der Waals surface area contributed by atoms with Crippen LogP contribution < -0.4 is 4.74 Å². The van der Waals surface area contributed by atoms with Gasteiger partial charge in [-0.25, -0.2) is 8.78 Å². The van der Waals surface area contributed by atoms with Crippen molar-refractivity contribution in [3.8, 4) is 5.75 Å². The molecule has 0 spiro atoms. The van der Waals surface area contributed by atoms with Gasteiger partial charge in [0, 0.05) is 33.9 Å². The zero-order valence-electron chi connectivity index (χ0n) is 21.4. The molecule has 0 aliphatic carbocycles. The Hall–Kier alpha value is -2.06. The van der Waals surface area contributed by atoms with E-state index in [4.69, 9.17) is 9.84 Å². The summed E-state index contributed by atoms with van der Waals surface area (Å²) in [5.74, 6) is 0.709. The molecule has 0 amide bonds. The van der Waals surface area contributed by atoms with E-state index in [1.165, 1.54) is 12.5 Å². The number of ether oxygens (including phenoxy) is 1. The van der Waals surface area contributed by atoms with Crippen LogP contribution in [0.15, 0.2) is 63.5 Å². The average Bonchev–Trinajstić information content (AvgIpc) is 2.77. The van der Waals surface area contributed by atoms with Gasteiger partial charge in [-0.3, -0.25) is 9.79 Å². The van der Waals surface area contributed by atoms with Crippen molar-refractivity contribution < 1.29 is 23.4 Å². The molecule has 0 saturated carbocycles. The van der Waals surface area contributed by atoms with Crippen molar-refractivity contribution in [2.75, 3.05) is 5.75 Å². The molecule has 1 aromatic rings. The standard InChI is InChI=1S/C20H25NO3S2.C4H6F2.C3H8/c1-4-5-10-21-14(2)18(25)13-26-16-6-7-17-15(11-16)8-9-20(3,24-17)12-19(22)23;1-2-3-4(5)6;1-3-2/h4-7,10-11,25H,8-9,12-13H2,1-3H3,(H,22,23);2,4H,1,3H2;3H2,1-2H3/b5-4+,18-14-,21-10+;;. The number of aryl methyl sites for hydroxylation is 1. The minimum absolute atomic E-state index is 0.0176. The number of carbonyl (C=O) groups is 1. The maximum atomic E-state index is 11.0. The lowest BCUT2D eigenvalue weighted by molar-refractivity contribution is -0.141. The van der Waals surface area contributed by atoms with E-state index in [1.807, 2.05) is 45.1 Å². The number of aliphatic imine (C=N–C) groups is 1. The van der Waals surface area contributed by atoms with Crippen LogP contribution in [0.3, 0.4) is 0 Å². The number of halogens is 2. The molecule has 1 unspecified atom stereocenters. The van der Waals surface area contributed by atoms with Gasteiger partial charge < -0.3 is 9.84 Å². The number of aliphatic carboxylic acids is 1. The number of rotatable bonds is 9. The lowest BCUT2D eigenvalue weighted by atomic mass is 9.90. The summed E-state index contributed by atoms with van der Waals surface area (Å²) in [6.07, 6.45) is 7.16. The molecule has 1 N–H and O–H groups in total. The fourth-order valence-corrected chi connectivity index (χ4v) is 3.95. The molecule has 0 saturated heterocycles. The predicted octanol–water partition coefficient (Wildman–Crippen LogP) is 8.39. The highest BCUT2D eigenvalue weighted by Gasteiger charge is 2.33. The van der Waals surface area contributed by atoms with Crippen LogP contribution in [0.2, 0.25) is 0 Å². The minimum atomic E-state index is -2.22. The second-order valence-electron chi connectivity index (χ2n) is 8.14. The fourth-order valence-electron chi connectivity index (χ4n) is 2.80. The number of thiol groups is 1. The van der Waals surface area contributed by atoms with Crippen LogP contribution in [0, 0.1) is 0 Å². The molecule has 4 nitrogen and oxygen atoms in total. The molecule has 35 heavy (non-hydrogen) atoms. The van der Waals surface area contributed by atoms with Gasteiger partial charge in [0.05, 0.1) is 6.42 Å². The number of carboxylic acid groups (broad SMARTS) is 1. The third-order valence-corrected chi connectivity index (χ3v) is 6.24. The van der Waals surface area contributed by atoms with Crippen molar-refractivity contribution in [1.82, 2.24) is 0 Å². The second kappa shape index (κ2) is 18.2. The number of fused-ring (bicyclic) bond motifs is 1. The molecule has 1 aliphatic heterocycles. The maximum Gasteiger partial charge on any atom is 0.307 e. The van der Waals surface area contributed by atoms with E-state index >= 15 is 0 Å². The molecule has 0 aromatic heterocycles. The van der Waals surface area contributed by atoms with Gasteiger partial charge in [0.1, 0.15) is 11.4 Å². The summed E-state index contributed by atoms with van der Waals surface area (Å²) in [5.41, 5.74) is 1.41. The van der Waals surface area contributed by atoms with E-state index in [0.717, 1.165) is 39.0 Å². The van der Waals surface area contributed by atoms with Gasteiger partial charge in [-0.2, -0.15) is 0 Å². The molecule has 1 aromatic carbocycles. The predicted molar refractivity (Wildman–Crippen MR) is 149 cm³/mol. The first-order valence-electron chi connectivity index (χ1n) is 11.6. The lowest BCUT2D eigenvalue weighted by Crippen LogP contribution is -2.38. The number of benzene rings is 1. The molecule has 0 bridgehead atoms. The van der Waals surface area contributed by atoms with E-state index in [9.17, 15) is 13.6 Å². The molecular weight excluding hydrogens is 488 g/mol. The average molecular weight is 528 g/mol. The van der Waals surface area contributed by atoms with Gasteiger partial charge in [-0.05, 0) is 63.5 Å². The van der Waals surface area contributed by atoms with Crippen molar-refractivity contribution in [3.63, 3.8) is 0 Å². The smallest absolute Gasteiger partial charge is 0.307 e. The molecule has 1 atom stereocenters. The van der Waals surface area contributed by atoms with Gasteiger partial charge in [0.25, 0.3) is 0 Å². The first-order valence-corrected chi connectivity index (χ1v) is 13.0. The summed E-state index contributed by atoms with van der Waals surface area (Å²) < 4.78 is 27.9. The Morgan fingerprint density at radius 3 is 2.57 bits per heavy atom. The van der Waals surface area contributed by atoms with Gasteiger partial charge in [-0.1, -0.05) is 32.4 Å². The van der Waals surface area contributed by atoms with E-state index in [1.54, 1.807) is 18.0 Å². The first-order chi connectivity index (χ1) is 16.5. The van der Waals surface area contributed by atoms with Crippen LogP contribution in [-0.4, -0.2) is 35.1 Å². The van der Waals surface area contributed by atoms with E-state index in [2.05, 4.69) is 44.1 Å². The lowest BCUT2D eigenvalue weighted by Gasteiger charge is -2.34. The Bertz CT molecular complexity index is 885. The number of hydrogen-bond acceptors (Lipinski definition) is 5. The Balaban J connectivity index is 0.00000110. The Labute approximate surface area is 219 Å². The van der Waals surface area contributed by atoms with Crippen molar-refractivity contribution >= 4 is 36.6 Å². The highest BCUT2D eigenvalue weighted by molar-refractivity contribution is 8.00. The maximum absolute atomic E-state index is 11.0. The summed E-state index contributed by atoms with van der Waals surface area (Å²) >= 11 is 6.25. The van der Waals surface area contributed by atoms with Gasteiger partial charge in [0.2, 0.25) is 6.43 Å².